The van der Waals surface area contributed by atoms with Gasteiger partial charge in [0, 0.05) is 14.2 Å². The topological polar surface area (TPSA) is 71.1 Å². The van der Waals surface area contributed by atoms with Crippen LogP contribution in [0.25, 0.3) is 0 Å². The molecule has 0 saturated carbocycles. The Balaban J connectivity index is 4.28. The Labute approximate surface area is 120 Å². The molecule has 0 aliphatic carbocycles. The van der Waals surface area contributed by atoms with Gasteiger partial charge in [-0.05, 0) is 40.5 Å². The largest absolute Gasteiger partial charge is 0.458 e. The van der Waals surface area contributed by atoms with Crippen molar-refractivity contribution < 1.29 is 28.5 Å². The van der Waals surface area contributed by atoms with Crippen molar-refractivity contribution in [1.82, 2.24) is 0 Å². The van der Waals surface area contributed by atoms with Gasteiger partial charge in [-0.1, -0.05) is 0 Å². The van der Waals surface area contributed by atoms with Crippen LogP contribution in [0.2, 0.25) is 0 Å². The molecule has 0 heterocycles. The first-order valence-corrected chi connectivity index (χ1v) is 6.53. The molecule has 0 N–H and O–H groups in total. The minimum absolute atomic E-state index is 0.0738. The van der Waals surface area contributed by atoms with Crippen LogP contribution in [0.1, 0.15) is 40.5 Å². The summed E-state index contributed by atoms with van der Waals surface area (Å²) in [5, 5.41) is 0. The minimum atomic E-state index is -0.638. The van der Waals surface area contributed by atoms with Gasteiger partial charge >= 0.3 is 11.9 Å². The lowest BCUT2D eigenvalue weighted by Gasteiger charge is -2.31. The van der Waals surface area contributed by atoms with E-state index in [1.54, 1.807) is 0 Å². The van der Waals surface area contributed by atoms with E-state index in [4.69, 9.17) is 18.9 Å². The highest BCUT2D eigenvalue weighted by molar-refractivity contribution is 5.71. The minimum Gasteiger partial charge on any atom is -0.458 e. The van der Waals surface area contributed by atoms with Crippen molar-refractivity contribution in [2.45, 2.75) is 51.7 Å². The van der Waals surface area contributed by atoms with E-state index >= 15 is 0 Å². The maximum absolute atomic E-state index is 11.4. The van der Waals surface area contributed by atoms with E-state index in [1.165, 1.54) is 14.2 Å². The third kappa shape index (κ3) is 8.87. The highest BCUT2D eigenvalue weighted by atomic mass is 16.6. The summed E-state index contributed by atoms with van der Waals surface area (Å²) in [7, 11) is 2.87. The Morgan fingerprint density at radius 2 is 1.05 bits per heavy atom. The molecule has 6 nitrogen and oxygen atoms in total. The van der Waals surface area contributed by atoms with Gasteiger partial charge in [-0.3, -0.25) is 0 Å². The molecule has 20 heavy (non-hydrogen) atoms. The summed E-state index contributed by atoms with van der Waals surface area (Å²) in [5.74, 6) is -0.821. The lowest BCUT2D eigenvalue weighted by Crippen LogP contribution is -2.35. The van der Waals surface area contributed by atoms with E-state index in [0.717, 1.165) is 0 Å². The van der Waals surface area contributed by atoms with Crippen LogP contribution < -0.4 is 0 Å². The molecule has 0 aliphatic rings. The van der Waals surface area contributed by atoms with Gasteiger partial charge in [0.2, 0.25) is 0 Å². The van der Waals surface area contributed by atoms with Gasteiger partial charge in [0.15, 0.2) is 0 Å². The predicted octanol–water partition coefficient (Wildman–Crippen LogP) is 1.70. The smallest absolute Gasteiger partial charge is 0.332 e. The first-order valence-electron chi connectivity index (χ1n) is 6.53. The third-order valence-electron chi connectivity index (χ3n) is 2.63. The standard InChI is InChI=1S/C14H26O6/c1-13(2,19-11(15)9-17-5)7-8-14(3,4)20-12(16)10-18-6/h7-10H2,1-6H3. The van der Waals surface area contributed by atoms with Crippen molar-refractivity contribution in [2.75, 3.05) is 27.4 Å². The summed E-state index contributed by atoms with van der Waals surface area (Å²) >= 11 is 0. The Hall–Kier alpha value is -1.14. The van der Waals surface area contributed by atoms with Crippen LogP contribution >= 0.6 is 0 Å². The second-order valence-electron chi connectivity index (χ2n) is 5.83. The zero-order valence-corrected chi connectivity index (χ0v) is 13.3. The van der Waals surface area contributed by atoms with Crippen LogP contribution in [0.15, 0.2) is 0 Å². The molecule has 0 rings (SSSR count). The van der Waals surface area contributed by atoms with Gasteiger partial charge in [0.05, 0.1) is 0 Å². The van der Waals surface area contributed by atoms with Crippen LogP contribution in [-0.2, 0) is 28.5 Å². The van der Waals surface area contributed by atoms with Crippen molar-refractivity contribution in [1.29, 1.82) is 0 Å². The normalized spacial score (nSPS) is 12.1. The van der Waals surface area contributed by atoms with E-state index in [9.17, 15) is 9.59 Å². The lowest BCUT2D eigenvalue weighted by atomic mass is 9.94. The number of ether oxygens (including phenoxy) is 4. The highest BCUT2D eigenvalue weighted by Gasteiger charge is 2.29. The summed E-state index contributed by atoms with van der Waals surface area (Å²) in [6.45, 7) is 7.10. The molecular weight excluding hydrogens is 264 g/mol. The number of hydrogen-bond donors (Lipinski definition) is 0. The van der Waals surface area contributed by atoms with Gasteiger partial charge in [-0.2, -0.15) is 0 Å². The first-order chi connectivity index (χ1) is 9.12. The van der Waals surface area contributed by atoms with E-state index in [1.807, 2.05) is 27.7 Å². The predicted molar refractivity (Wildman–Crippen MR) is 73.3 cm³/mol. The van der Waals surface area contributed by atoms with Gasteiger partial charge in [0.25, 0.3) is 0 Å². The average molecular weight is 290 g/mol. The molecule has 0 radical (unpaired) electrons. The molecule has 0 atom stereocenters. The van der Waals surface area contributed by atoms with Crippen LogP contribution in [0.4, 0.5) is 0 Å². The maximum Gasteiger partial charge on any atom is 0.332 e. The van der Waals surface area contributed by atoms with Crippen LogP contribution in [0, 0.1) is 0 Å². The highest BCUT2D eigenvalue weighted by Crippen LogP contribution is 2.25. The fourth-order valence-electron chi connectivity index (χ4n) is 1.62. The molecule has 0 amide bonds. The Morgan fingerprint density at radius 3 is 1.30 bits per heavy atom. The molecule has 118 valence electrons. The summed E-state index contributed by atoms with van der Waals surface area (Å²) in [6.07, 6.45) is 1.13. The molecule has 0 fully saturated rings. The number of rotatable bonds is 9. The second kappa shape index (κ2) is 8.21. The molecule has 0 unspecified atom stereocenters. The third-order valence-corrected chi connectivity index (χ3v) is 2.63. The van der Waals surface area contributed by atoms with Crippen LogP contribution in [0.3, 0.4) is 0 Å². The number of esters is 2. The molecule has 0 spiro atoms. The summed E-state index contributed by atoms with van der Waals surface area (Å²) in [5.41, 5.74) is -1.28. The van der Waals surface area contributed by atoms with E-state index in [2.05, 4.69) is 0 Å². The SMILES string of the molecule is COCC(=O)OC(C)(C)CCC(C)(C)OC(=O)COC. The Kier molecular flexibility index (Phi) is 7.75. The van der Waals surface area contributed by atoms with E-state index in [0.29, 0.717) is 12.8 Å². The maximum atomic E-state index is 11.4. The van der Waals surface area contributed by atoms with Crippen LogP contribution in [0.5, 0.6) is 0 Å². The van der Waals surface area contributed by atoms with Gasteiger partial charge in [0.1, 0.15) is 24.4 Å². The van der Waals surface area contributed by atoms with Gasteiger partial charge in [-0.25, -0.2) is 9.59 Å². The molecule has 0 bridgehead atoms. The van der Waals surface area contributed by atoms with Crippen molar-refractivity contribution in [3.8, 4) is 0 Å². The van der Waals surface area contributed by atoms with E-state index < -0.39 is 23.1 Å². The fourth-order valence-corrected chi connectivity index (χ4v) is 1.62. The number of hydrogen-bond acceptors (Lipinski definition) is 6. The average Bonchev–Trinajstić information content (AvgIpc) is 2.26. The fraction of sp³-hybridized carbons (Fsp3) is 0.857. The molecule has 0 aliphatic heterocycles. The summed E-state index contributed by atoms with van der Waals surface area (Å²) in [4.78, 5) is 22.8. The van der Waals surface area contributed by atoms with Crippen molar-refractivity contribution in [3.63, 3.8) is 0 Å². The number of carbonyl (C=O) groups is 2. The van der Waals surface area contributed by atoms with Gasteiger partial charge in [-0.15, -0.1) is 0 Å². The van der Waals surface area contributed by atoms with Crippen molar-refractivity contribution in [2.24, 2.45) is 0 Å². The zero-order valence-electron chi connectivity index (χ0n) is 13.3. The quantitative estimate of drug-likeness (QED) is 0.602. The molecule has 6 heteroatoms. The number of methoxy groups -OCH3 is 2. The van der Waals surface area contributed by atoms with E-state index in [-0.39, 0.29) is 13.2 Å². The Bertz CT molecular complexity index is 290. The second-order valence-corrected chi connectivity index (χ2v) is 5.83. The molecule has 0 aromatic carbocycles. The molecule has 0 aromatic rings. The lowest BCUT2D eigenvalue weighted by molar-refractivity contribution is -0.168. The van der Waals surface area contributed by atoms with Crippen molar-refractivity contribution in [3.05, 3.63) is 0 Å². The monoisotopic (exact) mass is 290 g/mol. The number of carbonyl (C=O) groups excluding carboxylic acids is 2. The van der Waals surface area contributed by atoms with Crippen LogP contribution in [-0.4, -0.2) is 50.6 Å². The summed E-state index contributed by atoms with van der Waals surface area (Å²) in [6, 6.07) is 0. The molecular formula is C14H26O6. The zero-order chi connectivity index (χ0) is 15.8. The first kappa shape index (κ1) is 18.9. The van der Waals surface area contributed by atoms with Gasteiger partial charge < -0.3 is 18.9 Å². The van der Waals surface area contributed by atoms with Crippen molar-refractivity contribution >= 4 is 11.9 Å². The molecule has 0 saturated heterocycles. The molecule has 0 aromatic heterocycles. The Morgan fingerprint density at radius 1 is 0.750 bits per heavy atom. The summed E-state index contributed by atoms with van der Waals surface area (Å²) < 4.78 is 20.0.